The third kappa shape index (κ3) is 1.94. The van der Waals surface area contributed by atoms with E-state index in [1.807, 2.05) is 48.5 Å². The van der Waals surface area contributed by atoms with Crippen LogP contribution in [0.4, 0.5) is 0 Å². The Labute approximate surface area is 114 Å². The van der Waals surface area contributed by atoms with Crippen molar-refractivity contribution in [1.29, 1.82) is 0 Å². The van der Waals surface area contributed by atoms with Crippen LogP contribution in [0.5, 0.6) is 0 Å². The van der Waals surface area contributed by atoms with Crippen molar-refractivity contribution in [3.05, 3.63) is 58.7 Å². The van der Waals surface area contributed by atoms with Gasteiger partial charge in [-0.2, -0.15) is 0 Å². The third-order valence-corrected chi connectivity index (χ3v) is 3.29. The molecular weight excluding hydrogens is 267 g/mol. The first-order valence-corrected chi connectivity index (χ1v) is 6.18. The predicted molar refractivity (Wildman–Crippen MR) is 75.0 cm³/mol. The van der Waals surface area contributed by atoms with Crippen molar-refractivity contribution in [2.75, 3.05) is 0 Å². The molecule has 0 unspecified atom stereocenters. The summed E-state index contributed by atoms with van der Waals surface area (Å²) in [4.78, 5) is 8.79. The van der Waals surface area contributed by atoms with E-state index in [-0.39, 0.29) is 0 Å². The van der Waals surface area contributed by atoms with E-state index in [9.17, 15) is 0 Å². The molecule has 1 heterocycles. The summed E-state index contributed by atoms with van der Waals surface area (Å²) in [7, 11) is 0. The first-order valence-electron chi connectivity index (χ1n) is 5.43. The van der Waals surface area contributed by atoms with E-state index in [1.54, 1.807) is 0 Å². The molecule has 0 aliphatic heterocycles. The van der Waals surface area contributed by atoms with Gasteiger partial charge in [0.15, 0.2) is 5.82 Å². The van der Waals surface area contributed by atoms with Crippen molar-refractivity contribution in [3.8, 4) is 11.4 Å². The van der Waals surface area contributed by atoms with Gasteiger partial charge in [0.1, 0.15) is 5.15 Å². The zero-order valence-electron chi connectivity index (χ0n) is 9.27. The smallest absolute Gasteiger partial charge is 0.162 e. The highest BCUT2D eigenvalue weighted by atomic mass is 35.5. The van der Waals surface area contributed by atoms with Gasteiger partial charge in [0.2, 0.25) is 0 Å². The van der Waals surface area contributed by atoms with Crippen LogP contribution in [0.1, 0.15) is 0 Å². The van der Waals surface area contributed by atoms with Crippen LogP contribution in [0.2, 0.25) is 10.2 Å². The van der Waals surface area contributed by atoms with Gasteiger partial charge in [-0.1, -0.05) is 47.5 Å². The average molecular weight is 275 g/mol. The van der Waals surface area contributed by atoms with Crippen LogP contribution in [-0.4, -0.2) is 9.97 Å². The van der Waals surface area contributed by atoms with Crippen LogP contribution in [0.3, 0.4) is 0 Å². The molecule has 0 spiro atoms. The minimum atomic E-state index is 0.440. The summed E-state index contributed by atoms with van der Waals surface area (Å²) in [5.41, 5.74) is 1.60. The van der Waals surface area contributed by atoms with Gasteiger partial charge in [-0.15, -0.1) is 0 Å². The Balaban J connectivity index is 2.28. The molecule has 0 aliphatic rings. The van der Waals surface area contributed by atoms with Gasteiger partial charge in [-0.05, 0) is 24.3 Å². The normalized spacial score (nSPS) is 10.8. The molecule has 3 rings (SSSR count). The minimum absolute atomic E-state index is 0.440. The maximum Gasteiger partial charge on any atom is 0.162 e. The van der Waals surface area contributed by atoms with Crippen molar-refractivity contribution in [2.45, 2.75) is 0 Å². The summed E-state index contributed by atoms with van der Waals surface area (Å²) in [6, 6.07) is 15.1. The fourth-order valence-corrected chi connectivity index (χ4v) is 2.26. The highest BCUT2D eigenvalue weighted by Crippen LogP contribution is 2.28. The summed E-state index contributed by atoms with van der Waals surface area (Å²) in [6.07, 6.45) is 0. The first kappa shape index (κ1) is 11.5. The molecule has 0 aliphatic carbocycles. The van der Waals surface area contributed by atoms with E-state index in [1.165, 1.54) is 0 Å². The highest BCUT2D eigenvalue weighted by molar-refractivity contribution is 6.34. The second kappa shape index (κ2) is 4.56. The summed E-state index contributed by atoms with van der Waals surface area (Å²) in [6.45, 7) is 0. The summed E-state index contributed by atoms with van der Waals surface area (Å²) in [5, 5.41) is 1.90. The molecule has 2 nitrogen and oxygen atoms in total. The molecular formula is C14H8Cl2N2. The Kier molecular flexibility index (Phi) is 2.90. The van der Waals surface area contributed by atoms with E-state index >= 15 is 0 Å². The van der Waals surface area contributed by atoms with E-state index in [4.69, 9.17) is 23.2 Å². The van der Waals surface area contributed by atoms with Crippen molar-refractivity contribution in [1.82, 2.24) is 9.97 Å². The van der Waals surface area contributed by atoms with Crippen molar-refractivity contribution in [2.24, 2.45) is 0 Å². The number of nitrogens with zero attached hydrogens (tertiary/aromatic N) is 2. The molecule has 0 saturated carbocycles. The molecule has 0 N–H and O–H groups in total. The van der Waals surface area contributed by atoms with Gasteiger partial charge in [-0.25, -0.2) is 9.97 Å². The van der Waals surface area contributed by atoms with Gasteiger partial charge in [-0.3, -0.25) is 0 Å². The average Bonchev–Trinajstić information content (AvgIpc) is 2.39. The molecule has 1 aromatic heterocycles. The quantitative estimate of drug-likeness (QED) is 0.606. The zero-order chi connectivity index (χ0) is 12.5. The molecule has 0 saturated heterocycles. The molecule has 0 atom stereocenters. The summed E-state index contributed by atoms with van der Waals surface area (Å²) >= 11 is 12.3. The number of halogens is 2. The van der Waals surface area contributed by atoms with Crippen molar-refractivity contribution in [3.63, 3.8) is 0 Å². The van der Waals surface area contributed by atoms with Gasteiger partial charge in [0.25, 0.3) is 0 Å². The second-order valence-corrected chi connectivity index (χ2v) is 4.60. The van der Waals surface area contributed by atoms with Gasteiger partial charge in [0.05, 0.1) is 10.5 Å². The summed E-state index contributed by atoms with van der Waals surface area (Å²) in [5.74, 6) is 0.546. The molecule has 0 amide bonds. The zero-order valence-corrected chi connectivity index (χ0v) is 10.8. The van der Waals surface area contributed by atoms with Crippen LogP contribution >= 0.6 is 23.2 Å². The Morgan fingerprint density at radius 2 is 1.50 bits per heavy atom. The Morgan fingerprint density at radius 3 is 2.33 bits per heavy atom. The highest BCUT2D eigenvalue weighted by Gasteiger charge is 2.09. The van der Waals surface area contributed by atoms with Crippen LogP contribution in [0.25, 0.3) is 22.3 Å². The number of benzene rings is 2. The van der Waals surface area contributed by atoms with E-state index in [0.29, 0.717) is 16.0 Å². The third-order valence-electron chi connectivity index (χ3n) is 2.67. The Bertz CT molecular complexity index is 726. The molecule has 18 heavy (non-hydrogen) atoms. The van der Waals surface area contributed by atoms with Crippen molar-refractivity contribution < 1.29 is 0 Å². The number of para-hydroxylation sites is 1. The maximum atomic E-state index is 6.17. The molecule has 0 bridgehead atoms. The topological polar surface area (TPSA) is 25.8 Å². The predicted octanol–water partition coefficient (Wildman–Crippen LogP) is 4.60. The fourth-order valence-electron chi connectivity index (χ4n) is 1.80. The molecule has 0 fully saturated rings. The Morgan fingerprint density at radius 1 is 0.778 bits per heavy atom. The molecule has 4 heteroatoms. The monoisotopic (exact) mass is 274 g/mol. The lowest BCUT2D eigenvalue weighted by atomic mass is 10.2. The maximum absolute atomic E-state index is 6.17. The molecule has 3 aromatic rings. The Hall–Kier alpha value is -1.64. The van der Waals surface area contributed by atoms with Crippen molar-refractivity contribution >= 4 is 34.1 Å². The molecule has 0 radical (unpaired) electrons. The van der Waals surface area contributed by atoms with Crippen LogP contribution in [0, 0.1) is 0 Å². The van der Waals surface area contributed by atoms with Crippen LogP contribution in [0.15, 0.2) is 48.5 Å². The van der Waals surface area contributed by atoms with E-state index in [2.05, 4.69) is 9.97 Å². The lowest BCUT2D eigenvalue weighted by molar-refractivity contribution is 1.23. The number of rotatable bonds is 1. The lowest BCUT2D eigenvalue weighted by Crippen LogP contribution is -1.92. The largest absolute Gasteiger partial charge is 0.228 e. The molecule has 2 aromatic carbocycles. The van der Waals surface area contributed by atoms with Crippen LogP contribution < -0.4 is 0 Å². The molecule has 88 valence electrons. The fraction of sp³-hybridized carbons (Fsp3) is 0. The number of hydrogen-bond acceptors (Lipinski definition) is 2. The van der Waals surface area contributed by atoms with Gasteiger partial charge < -0.3 is 0 Å². The number of hydrogen-bond donors (Lipinski definition) is 0. The minimum Gasteiger partial charge on any atom is -0.228 e. The first-order chi connectivity index (χ1) is 8.75. The SMILES string of the molecule is Clc1ccccc1-c1nc(Cl)c2ccccc2n1. The van der Waals surface area contributed by atoms with E-state index < -0.39 is 0 Å². The van der Waals surface area contributed by atoms with Gasteiger partial charge in [0, 0.05) is 10.9 Å². The number of fused-ring (bicyclic) bond motifs is 1. The van der Waals surface area contributed by atoms with Crippen LogP contribution in [-0.2, 0) is 0 Å². The summed E-state index contributed by atoms with van der Waals surface area (Å²) < 4.78 is 0. The van der Waals surface area contributed by atoms with Gasteiger partial charge >= 0.3 is 0 Å². The standard InChI is InChI=1S/C14H8Cl2N2/c15-11-7-3-1-5-9(11)14-17-12-8-4-2-6-10(12)13(16)18-14/h1-8H. The number of aromatic nitrogens is 2. The lowest BCUT2D eigenvalue weighted by Gasteiger charge is -2.05. The van der Waals surface area contributed by atoms with E-state index in [0.717, 1.165) is 16.5 Å². The second-order valence-electron chi connectivity index (χ2n) is 3.84.